The van der Waals surface area contributed by atoms with Crippen molar-refractivity contribution in [1.82, 2.24) is 0 Å². The highest BCUT2D eigenvalue weighted by atomic mass is 32.1. The summed E-state index contributed by atoms with van der Waals surface area (Å²) in [5.41, 5.74) is -2.56. The van der Waals surface area contributed by atoms with Gasteiger partial charge in [0, 0.05) is 16.7 Å². The molecule has 7 unspecified atom stereocenters. The van der Waals surface area contributed by atoms with Crippen LogP contribution in [-0.2, 0) is 20.7 Å². The molecule has 4 aliphatic rings. The molecule has 5 nitrogen and oxygen atoms in total. The average molecular weight is 575 g/mol. The van der Waals surface area contributed by atoms with Gasteiger partial charge in [0.05, 0.1) is 11.7 Å². The first-order chi connectivity index (χ1) is 19.4. The van der Waals surface area contributed by atoms with Crippen molar-refractivity contribution in [2.45, 2.75) is 69.7 Å². The lowest BCUT2D eigenvalue weighted by atomic mass is 9.45. The van der Waals surface area contributed by atoms with Crippen molar-refractivity contribution in [2.75, 3.05) is 0 Å². The van der Waals surface area contributed by atoms with Crippen molar-refractivity contribution in [3.8, 4) is 0 Å². The van der Waals surface area contributed by atoms with E-state index >= 15 is 4.39 Å². The van der Waals surface area contributed by atoms with Crippen molar-refractivity contribution < 1.29 is 28.6 Å². The first-order valence-electron chi connectivity index (χ1n) is 14.4. The highest BCUT2D eigenvalue weighted by Gasteiger charge is 2.75. The maximum absolute atomic E-state index is 17.4. The van der Waals surface area contributed by atoms with E-state index in [1.165, 1.54) is 12.2 Å². The standard InChI is InChI=1S/C34H35FO5S/c1-31-16-14-25(36)19-24(31)12-13-27-26-15-17-33(30(39)41,32(26,2)20-28(37)34(27,31)35)40-29(38)23-10-8-22(9-11-23)18-21-6-4-3-5-7-21/h3-11,14,16,19,26-28,37H,12-13,15,17-18,20H2,1-2H3,(H,39,41). The molecule has 0 heterocycles. The summed E-state index contributed by atoms with van der Waals surface area (Å²) in [6, 6.07) is 17.1. The molecule has 7 atom stereocenters. The second-order valence-electron chi connectivity index (χ2n) is 12.7. The molecule has 7 heteroatoms. The minimum absolute atomic E-state index is 0.0646. The van der Waals surface area contributed by atoms with Crippen molar-refractivity contribution in [1.29, 1.82) is 0 Å². The number of aliphatic hydroxyl groups excluding tert-OH is 1. The van der Waals surface area contributed by atoms with Crippen LogP contribution in [-0.4, -0.2) is 39.3 Å². The summed E-state index contributed by atoms with van der Waals surface area (Å²) in [5, 5.41) is 11.0. The molecular formula is C34H35FO5S. The van der Waals surface area contributed by atoms with Gasteiger partial charge in [-0.05, 0) is 86.8 Å². The molecule has 2 aromatic carbocycles. The van der Waals surface area contributed by atoms with Crippen LogP contribution >= 0.6 is 12.6 Å². The van der Waals surface area contributed by atoms with Crippen molar-refractivity contribution in [3.63, 3.8) is 0 Å². The number of hydrogen-bond donors (Lipinski definition) is 2. The second kappa shape index (κ2) is 9.77. The predicted octanol–water partition coefficient (Wildman–Crippen LogP) is 6.00. The molecule has 0 amide bonds. The van der Waals surface area contributed by atoms with Crippen molar-refractivity contribution in [2.24, 2.45) is 22.7 Å². The number of ketones is 1. The molecule has 214 valence electrons. The van der Waals surface area contributed by atoms with E-state index in [1.54, 1.807) is 25.1 Å². The van der Waals surface area contributed by atoms with Crippen LogP contribution in [0, 0.1) is 22.7 Å². The van der Waals surface area contributed by atoms with Crippen molar-refractivity contribution >= 4 is 29.5 Å². The minimum Gasteiger partial charge on any atom is -0.446 e. The van der Waals surface area contributed by atoms with Gasteiger partial charge in [-0.15, -0.1) is 12.6 Å². The summed E-state index contributed by atoms with van der Waals surface area (Å²) in [7, 11) is 0. The molecule has 1 N–H and O–H groups in total. The predicted molar refractivity (Wildman–Crippen MR) is 156 cm³/mol. The smallest absolute Gasteiger partial charge is 0.339 e. The maximum atomic E-state index is 17.4. The van der Waals surface area contributed by atoms with E-state index in [0.717, 1.165) is 17.5 Å². The third-order valence-corrected chi connectivity index (χ3v) is 11.2. The fraction of sp³-hybridized carbons (Fsp3) is 0.441. The molecule has 3 fully saturated rings. The minimum atomic E-state index is -2.02. The van der Waals surface area contributed by atoms with Gasteiger partial charge in [-0.3, -0.25) is 9.59 Å². The van der Waals surface area contributed by atoms with Gasteiger partial charge in [0.25, 0.3) is 0 Å². The number of hydrogen-bond acceptors (Lipinski definition) is 5. The Morgan fingerprint density at radius 3 is 2.39 bits per heavy atom. The molecule has 3 saturated carbocycles. The number of fused-ring (bicyclic) bond motifs is 5. The molecule has 0 bridgehead atoms. The van der Waals surface area contributed by atoms with E-state index in [9.17, 15) is 19.5 Å². The maximum Gasteiger partial charge on any atom is 0.339 e. The Labute approximate surface area is 245 Å². The van der Waals surface area contributed by atoms with Gasteiger partial charge in [0.15, 0.2) is 17.1 Å². The normalized spacial score (nSPS) is 37.4. The van der Waals surface area contributed by atoms with Crippen molar-refractivity contribution in [3.05, 3.63) is 95.1 Å². The Bertz CT molecular complexity index is 1470. The van der Waals surface area contributed by atoms with E-state index in [2.05, 4.69) is 12.6 Å². The zero-order valence-electron chi connectivity index (χ0n) is 23.3. The van der Waals surface area contributed by atoms with Crippen LogP contribution in [0.5, 0.6) is 0 Å². The van der Waals surface area contributed by atoms with Crippen LogP contribution in [0.15, 0.2) is 78.4 Å². The lowest BCUT2D eigenvalue weighted by Crippen LogP contribution is -2.69. The van der Waals surface area contributed by atoms with Crippen LogP contribution in [0.2, 0.25) is 0 Å². The van der Waals surface area contributed by atoms with Gasteiger partial charge in [-0.25, -0.2) is 9.18 Å². The van der Waals surface area contributed by atoms with Crippen LogP contribution < -0.4 is 0 Å². The second-order valence-corrected chi connectivity index (χ2v) is 13.1. The summed E-state index contributed by atoms with van der Waals surface area (Å²) >= 11 is 4.23. The number of halogens is 1. The number of aliphatic hydroxyl groups is 1. The van der Waals surface area contributed by atoms with E-state index in [4.69, 9.17) is 4.74 Å². The Morgan fingerprint density at radius 2 is 1.71 bits per heavy atom. The lowest BCUT2D eigenvalue weighted by molar-refractivity contribution is -0.214. The summed E-state index contributed by atoms with van der Waals surface area (Å²) in [4.78, 5) is 38.9. The largest absolute Gasteiger partial charge is 0.446 e. The number of benzene rings is 2. The quantitative estimate of drug-likeness (QED) is 0.338. The fourth-order valence-electron chi connectivity index (χ4n) is 8.57. The van der Waals surface area contributed by atoms with Crippen LogP contribution in [0.4, 0.5) is 4.39 Å². The molecule has 0 radical (unpaired) electrons. The molecule has 4 aliphatic carbocycles. The Kier molecular flexibility index (Phi) is 6.70. The highest BCUT2D eigenvalue weighted by molar-refractivity contribution is 7.96. The summed E-state index contributed by atoms with van der Waals surface area (Å²) in [6.07, 6.45) is 5.36. The number of alkyl halides is 1. The number of allylic oxidation sites excluding steroid dienone is 4. The third-order valence-electron chi connectivity index (χ3n) is 10.8. The number of esters is 1. The molecule has 6 rings (SSSR count). The number of carbonyl (C=O) groups excluding carboxylic acids is 3. The summed E-state index contributed by atoms with van der Waals surface area (Å²) < 4.78 is 23.5. The van der Waals surface area contributed by atoms with Gasteiger partial charge >= 0.3 is 5.97 Å². The van der Waals surface area contributed by atoms with Gasteiger partial charge in [0.2, 0.25) is 5.12 Å². The zero-order valence-corrected chi connectivity index (χ0v) is 24.2. The molecule has 0 saturated heterocycles. The van der Waals surface area contributed by atoms with E-state index in [-0.39, 0.29) is 24.5 Å². The molecule has 0 aliphatic heterocycles. The highest BCUT2D eigenvalue weighted by Crippen LogP contribution is 2.70. The first kappa shape index (κ1) is 28.1. The number of thiol groups is 1. The van der Waals surface area contributed by atoms with Crippen LogP contribution in [0.1, 0.15) is 67.4 Å². The molecule has 2 aromatic rings. The van der Waals surface area contributed by atoms with E-state index in [1.807, 2.05) is 49.4 Å². The lowest BCUT2D eigenvalue weighted by Gasteiger charge is -2.62. The SMILES string of the molecule is CC12C=CC(=O)C=C1CCC1C3CCC(OC(=O)c4ccc(Cc5ccccc5)cc4)(C(=O)S)C3(C)CC(O)C12F. The third kappa shape index (κ3) is 4.03. The number of rotatable bonds is 5. The number of carbonyl (C=O) groups is 3. The zero-order chi connectivity index (χ0) is 29.2. The van der Waals surface area contributed by atoms with Crippen LogP contribution in [0.3, 0.4) is 0 Å². The molecular weight excluding hydrogens is 539 g/mol. The monoisotopic (exact) mass is 574 g/mol. The van der Waals surface area contributed by atoms with Gasteiger partial charge in [0.1, 0.15) is 0 Å². The fourth-order valence-corrected chi connectivity index (χ4v) is 8.98. The first-order valence-corrected chi connectivity index (χ1v) is 14.8. The molecule has 0 aromatic heterocycles. The molecule has 0 spiro atoms. The summed E-state index contributed by atoms with van der Waals surface area (Å²) in [5.74, 6) is -1.71. The Morgan fingerprint density at radius 1 is 1.02 bits per heavy atom. The van der Waals surface area contributed by atoms with E-state index < -0.39 is 45.2 Å². The topological polar surface area (TPSA) is 80.7 Å². The number of ether oxygens (including phenoxy) is 1. The van der Waals surface area contributed by atoms with Gasteiger partial charge in [-0.1, -0.05) is 61.0 Å². The van der Waals surface area contributed by atoms with Gasteiger partial charge in [-0.2, -0.15) is 0 Å². The summed E-state index contributed by atoms with van der Waals surface area (Å²) in [6.45, 7) is 3.60. The van der Waals surface area contributed by atoms with Crippen LogP contribution in [0.25, 0.3) is 0 Å². The van der Waals surface area contributed by atoms with E-state index in [0.29, 0.717) is 30.4 Å². The Hall–Kier alpha value is -3.03. The molecule has 41 heavy (non-hydrogen) atoms. The Balaban J connectivity index is 1.29. The van der Waals surface area contributed by atoms with Gasteiger partial charge < -0.3 is 9.84 Å². The average Bonchev–Trinajstić information content (AvgIpc) is 3.23.